The highest BCUT2D eigenvalue weighted by Gasteiger charge is 2.26. The van der Waals surface area contributed by atoms with Gasteiger partial charge in [0.2, 0.25) is 10.0 Å². The van der Waals surface area contributed by atoms with Crippen LogP contribution in [0.4, 0.5) is 0 Å². The second kappa shape index (κ2) is 10.8. The van der Waals surface area contributed by atoms with Crippen molar-refractivity contribution in [2.45, 2.75) is 52.1 Å². The minimum atomic E-state index is -3.06. The number of piperidine rings is 1. The van der Waals surface area contributed by atoms with Gasteiger partial charge in [0, 0.05) is 44.8 Å². The van der Waals surface area contributed by atoms with Crippen molar-refractivity contribution >= 4 is 40.0 Å². The van der Waals surface area contributed by atoms with Crippen molar-refractivity contribution < 1.29 is 8.42 Å². The Balaban J connectivity index is 0.00000529. The molecule has 144 valence electrons. The van der Waals surface area contributed by atoms with Gasteiger partial charge in [-0.15, -0.1) is 24.0 Å². The van der Waals surface area contributed by atoms with Crippen molar-refractivity contribution in [1.29, 1.82) is 0 Å². The van der Waals surface area contributed by atoms with E-state index in [-0.39, 0.29) is 41.3 Å². The summed E-state index contributed by atoms with van der Waals surface area (Å²) in [6.07, 6.45) is 1.61. The minimum absolute atomic E-state index is 0. The molecule has 0 bridgehead atoms. The van der Waals surface area contributed by atoms with E-state index in [2.05, 4.69) is 41.7 Å². The minimum Gasteiger partial charge on any atom is -0.355 e. The largest absolute Gasteiger partial charge is 0.355 e. The SMILES string of the molecule is CCS(=O)(=O)N1CCC(NC(=NC)NCCNC(C)(C)C)CC1.I. The van der Waals surface area contributed by atoms with Gasteiger partial charge in [-0.2, -0.15) is 0 Å². The number of guanidine groups is 1. The quantitative estimate of drug-likeness (QED) is 0.231. The van der Waals surface area contributed by atoms with Crippen LogP contribution < -0.4 is 16.0 Å². The van der Waals surface area contributed by atoms with Gasteiger partial charge in [0.1, 0.15) is 0 Å². The van der Waals surface area contributed by atoms with Gasteiger partial charge in [-0.1, -0.05) is 0 Å². The molecule has 24 heavy (non-hydrogen) atoms. The maximum absolute atomic E-state index is 11.9. The van der Waals surface area contributed by atoms with Gasteiger partial charge in [0.25, 0.3) is 0 Å². The second-order valence-electron chi connectivity index (χ2n) is 6.89. The first-order valence-electron chi connectivity index (χ1n) is 8.38. The lowest BCUT2D eigenvalue weighted by Gasteiger charge is -2.32. The zero-order chi connectivity index (χ0) is 17.5. The third-order valence-corrected chi connectivity index (χ3v) is 5.73. The maximum Gasteiger partial charge on any atom is 0.213 e. The monoisotopic (exact) mass is 475 g/mol. The molecule has 1 saturated heterocycles. The molecule has 3 N–H and O–H groups in total. The first-order valence-corrected chi connectivity index (χ1v) is 9.99. The molecule has 1 aliphatic heterocycles. The lowest BCUT2D eigenvalue weighted by molar-refractivity contribution is 0.306. The fourth-order valence-corrected chi connectivity index (χ4v) is 3.60. The Kier molecular flexibility index (Phi) is 10.7. The molecular weight excluding hydrogens is 441 g/mol. The highest BCUT2D eigenvalue weighted by atomic mass is 127. The predicted molar refractivity (Wildman–Crippen MR) is 112 cm³/mol. The van der Waals surface area contributed by atoms with Crippen molar-refractivity contribution in [1.82, 2.24) is 20.3 Å². The molecule has 0 amide bonds. The standard InChI is InChI=1S/C15H33N5O2S.HI/c1-6-23(21,22)20-11-7-13(8-12-20)19-14(16-5)17-9-10-18-15(2,3)4;/h13,18H,6-12H2,1-5H3,(H2,16,17,19);1H. The third kappa shape index (κ3) is 8.82. The molecule has 0 saturated carbocycles. The summed E-state index contributed by atoms with van der Waals surface area (Å²) in [4.78, 5) is 4.23. The van der Waals surface area contributed by atoms with E-state index in [1.165, 1.54) is 0 Å². The highest BCUT2D eigenvalue weighted by Crippen LogP contribution is 2.14. The molecule has 7 nitrogen and oxygen atoms in total. The van der Waals surface area contributed by atoms with Crippen molar-refractivity contribution in [3.8, 4) is 0 Å². The molecule has 1 heterocycles. The predicted octanol–water partition coefficient (Wildman–Crippen LogP) is 0.972. The smallest absolute Gasteiger partial charge is 0.213 e. The van der Waals surface area contributed by atoms with Crippen molar-refractivity contribution in [3.63, 3.8) is 0 Å². The van der Waals surface area contributed by atoms with Crippen molar-refractivity contribution in [2.24, 2.45) is 4.99 Å². The molecule has 0 aromatic carbocycles. The van der Waals surface area contributed by atoms with E-state index in [4.69, 9.17) is 0 Å². The van der Waals surface area contributed by atoms with Crippen LogP contribution in [0.3, 0.4) is 0 Å². The number of halogens is 1. The number of nitrogens with one attached hydrogen (secondary N) is 3. The number of hydrogen-bond donors (Lipinski definition) is 3. The lowest BCUT2D eigenvalue weighted by Crippen LogP contribution is -2.51. The summed E-state index contributed by atoms with van der Waals surface area (Å²) < 4.78 is 25.3. The molecule has 0 aromatic heterocycles. The summed E-state index contributed by atoms with van der Waals surface area (Å²) in [7, 11) is -1.31. The molecule has 0 aromatic rings. The van der Waals surface area contributed by atoms with Crippen LogP contribution in [-0.4, -0.2) is 69.2 Å². The molecule has 0 radical (unpaired) electrons. The first kappa shape index (κ1) is 23.9. The molecule has 0 atom stereocenters. The van der Waals surface area contributed by atoms with E-state index >= 15 is 0 Å². The normalized spacial score (nSPS) is 18.1. The number of rotatable bonds is 6. The zero-order valence-electron chi connectivity index (χ0n) is 15.6. The molecule has 1 fully saturated rings. The van der Waals surface area contributed by atoms with Crippen LogP contribution in [0, 0.1) is 0 Å². The summed E-state index contributed by atoms with van der Waals surface area (Å²) in [6.45, 7) is 10.9. The fourth-order valence-electron chi connectivity index (χ4n) is 2.47. The van der Waals surface area contributed by atoms with E-state index in [1.807, 2.05) is 0 Å². The van der Waals surface area contributed by atoms with Gasteiger partial charge >= 0.3 is 0 Å². The summed E-state index contributed by atoms with van der Waals surface area (Å²) in [5.74, 6) is 0.951. The van der Waals surface area contributed by atoms with Gasteiger partial charge in [0.15, 0.2) is 5.96 Å². The van der Waals surface area contributed by atoms with Gasteiger partial charge in [0.05, 0.1) is 5.75 Å². The Morgan fingerprint density at radius 2 is 1.79 bits per heavy atom. The third-order valence-electron chi connectivity index (χ3n) is 3.85. The Hall–Kier alpha value is -0.130. The van der Waals surface area contributed by atoms with E-state index in [0.29, 0.717) is 13.1 Å². The summed E-state index contributed by atoms with van der Waals surface area (Å²) in [5, 5.41) is 10.1. The van der Waals surface area contributed by atoms with Crippen LogP contribution >= 0.6 is 24.0 Å². The van der Waals surface area contributed by atoms with E-state index < -0.39 is 10.0 Å². The van der Waals surface area contributed by atoms with Gasteiger partial charge in [-0.3, -0.25) is 4.99 Å². The number of nitrogens with zero attached hydrogens (tertiary/aromatic N) is 2. The zero-order valence-corrected chi connectivity index (χ0v) is 18.7. The number of sulfonamides is 1. The Bertz CT molecular complexity index is 483. The molecule has 0 aliphatic carbocycles. The Labute approximate surface area is 164 Å². The van der Waals surface area contributed by atoms with E-state index in [0.717, 1.165) is 31.9 Å². The molecular formula is C15H34IN5O2S. The average molecular weight is 475 g/mol. The van der Waals surface area contributed by atoms with Crippen molar-refractivity contribution in [2.75, 3.05) is 39.0 Å². The summed E-state index contributed by atoms with van der Waals surface area (Å²) in [5.41, 5.74) is 0.107. The highest BCUT2D eigenvalue weighted by molar-refractivity contribution is 14.0. The Morgan fingerprint density at radius 3 is 2.25 bits per heavy atom. The lowest BCUT2D eigenvalue weighted by atomic mass is 10.1. The fraction of sp³-hybridized carbons (Fsp3) is 0.933. The summed E-state index contributed by atoms with van der Waals surface area (Å²) >= 11 is 0. The van der Waals surface area contributed by atoms with Gasteiger partial charge in [-0.05, 0) is 40.5 Å². The van der Waals surface area contributed by atoms with Crippen LogP contribution in [0.15, 0.2) is 4.99 Å². The number of aliphatic imine (C=N–C) groups is 1. The maximum atomic E-state index is 11.9. The molecule has 0 spiro atoms. The molecule has 1 rings (SSSR count). The van der Waals surface area contributed by atoms with Crippen LogP contribution in [0.1, 0.15) is 40.5 Å². The molecule has 1 aliphatic rings. The van der Waals surface area contributed by atoms with Crippen LogP contribution in [0.2, 0.25) is 0 Å². The Morgan fingerprint density at radius 1 is 1.21 bits per heavy atom. The number of hydrogen-bond acceptors (Lipinski definition) is 4. The van der Waals surface area contributed by atoms with Gasteiger partial charge in [-0.25, -0.2) is 12.7 Å². The van der Waals surface area contributed by atoms with Crippen LogP contribution in [0.25, 0.3) is 0 Å². The topological polar surface area (TPSA) is 85.8 Å². The summed E-state index contributed by atoms with van der Waals surface area (Å²) in [6, 6.07) is 0.264. The van der Waals surface area contributed by atoms with Gasteiger partial charge < -0.3 is 16.0 Å². The average Bonchev–Trinajstić information content (AvgIpc) is 2.49. The van der Waals surface area contributed by atoms with Crippen molar-refractivity contribution in [3.05, 3.63) is 0 Å². The van der Waals surface area contributed by atoms with E-state index in [1.54, 1.807) is 18.3 Å². The molecule has 9 heteroatoms. The van der Waals surface area contributed by atoms with E-state index in [9.17, 15) is 8.42 Å². The molecule has 0 unspecified atom stereocenters. The first-order chi connectivity index (χ1) is 10.7. The second-order valence-corrected chi connectivity index (χ2v) is 9.15. The van der Waals surface area contributed by atoms with Crippen LogP contribution in [0.5, 0.6) is 0 Å². The van der Waals surface area contributed by atoms with Crippen LogP contribution in [-0.2, 0) is 10.0 Å².